The second-order valence-corrected chi connectivity index (χ2v) is 8.56. The van der Waals surface area contributed by atoms with Gasteiger partial charge in [0.25, 0.3) is 11.1 Å². The number of likely N-dealkylation sites (tertiary alicyclic amines) is 1. The molecule has 5 rings (SSSR count). The zero-order valence-corrected chi connectivity index (χ0v) is 17.6. The number of benzene rings is 3. The largest absolute Gasteiger partial charge is 0.484 e. The Bertz CT molecular complexity index is 1230. The summed E-state index contributed by atoms with van der Waals surface area (Å²) in [5.41, 5.74) is 0.348. The average molecular weight is 437 g/mol. The van der Waals surface area contributed by atoms with Gasteiger partial charge in [-0.3, -0.25) is 4.79 Å². The molecule has 1 saturated heterocycles. The fourth-order valence-corrected chi connectivity index (χ4v) is 4.70. The van der Waals surface area contributed by atoms with E-state index in [2.05, 4.69) is 4.98 Å². The maximum absolute atomic E-state index is 13.8. The second kappa shape index (κ2) is 8.51. The number of hydrogen-bond acceptors (Lipinski definition) is 5. The highest BCUT2D eigenvalue weighted by atomic mass is 32.1. The van der Waals surface area contributed by atoms with Crippen LogP contribution in [0.2, 0.25) is 0 Å². The molecule has 3 aromatic carbocycles. The highest BCUT2D eigenvalue weighted by Crippen LogP contribution is 2.31. The van der Waals surface area contributed by atoms with Crippen molar-refractivity contribution < 1.29 is 18.7 Å². The van der Waals surface area contributed by atoms with Crippen LogP contribution in [-0.2, 0) is 4.79 Å². The number of nitrogens with zero attached hydrogens (tertiary/aromatic N) is 2. The molecule has 0 saturated carbocycles. The van der Waals surface area contributed by atoms with Crippen LogP contribution in [0, 0.1) is 5.82 Å². The molecule has 0 spiro atoms. The molecule has 0 N–H and O–H groups in total. The number of carbonyl (C=O) groups excluding carboxylic acids is 1. The standard InChI is InChI=1S/C24H21FN2O3S/c25-20-6-3-7-21-23(20)26-24(31-21)30-18-10-12-27(13-11-18)22(28)15-29-19-9-8-16-4-1-2-5-17(16)14-19/h1-9,14,18H,10-13,15H2. The summed E-state index contributed by atoms with van der Waals surface area (Å²) in [6.45, 7) is 1.22. The average Bonchev–Trinajstić information content (AvgIpc) is 3.22. The van der Waals surface area contributed by atoms with Gasteiger partial charge in [-0.2, -0.15) is 4.98 Å². The summed E-state index contributed by atoms with van der Waals surface area (Å²) >= 11 is 1.34. The van der Waals surface area contributed by atoms with Crippen molar-refractivity contribution in [2.75, 3.05) is 19.7 Å². The van der Waals surface area contributed by atoms with E-state index < -0.39 is 0 Å². The van der Waals surface area contributed by atoms with Gasteiger partial charge in [-0.15, -0.1) is 0 Å². The van der Waals surface area contributed by atoms with Gasteiger partial charge < -0.3 is 14.4 Å². The SMILES string of the molecule is O=C(COc1ccc2ccccc2c1)N1CCC(Oc2nc3c(F)cccc3s2)CC1. The molecule has 1 aliphatic heterocycles. The molecule has 1 fully saturated rings. The van der Waals surface area contributed by atoms with Crippen LogP contribution in [0.3, 0.4) is 0 Å². The summed E-state index contributed by atoms with van der Waals surface area (Å²) in [5, 5.41) is 2.70. The van der Waals surface area contributed by atoms with Crippen molar-refractivity contribution in [1.29, 1.82) is 0 Å². The molecule has 7 heteroatoms. The Labute approximate surface area is 183 Å². The van der Waals surface area contributed by atoms with Crippen LogP contribution in [0.4, 0.5) is 4.39 Å². The first kappa shape index (κ1) is 19.8. The number of fused-ring (bicyclic) bond motifs is 2. The highest BCUT2D eigenvalue weighted by molar-refractivity contribution is 7.20. The van der Waals surface area contributed by atoms with Crippen molar-refractivity contribution >= 4 is 38.2 Å². The number of thiazole rings is 1. The van der Waals surface area contributed by atoms with Gasteiger partial charge >= 0.3 is 0 Å². The van der Waals surface area contributed by atoms with Crippen molar-refractivity contribution in [2.24, 2.45) is 0 Å². The fraction of sp³-hybridized carbons (Fsp3) is 0.250. The smallest absolute Gasteiger partial charge is 0.274 e. The summed E-state index contributed by atoms with van der Waals surface area (Å²) in [7, 11) is 0. The fourth-order valence-electron chi connectivity index (χ4n) is 3.80. The van der Waals surface area contributed by atoms with E-state index in [1.165, 1.54) is 17.4 Å². The van der Waals surface area contributed by atoms with Crippen LogP contribution in [0.5, 0.6) is 10.9 Å². The molecule has 0 radical (unpaired) electrons. The summed E-state index contributed by atoms with van der Waals surface area (Å²) in [4.78, 5) is 18.6. The first-order valence-corrected chi connectivity index (χ1v) is 11.1. The maximum Gasteiger partial charge on any atom is 0.274 e. The Morgan fingerprint density at radius 2 is 1.87 bits per heavy atom. The minimum absolute atomic E-state index is 0.0149. The number of para-hydroxylation sites is 1. The van der Waals surface area contributed by atoms with Crippen molar-refractivity contribution in [3.8, 4) is 10.9 Å². The van der Waals surface area contributed by atoms with Gasteiger partial charge in [0.15, 0.2) is 6.61 Å². The molecule has 1 aromatic heterocycles. The topological polar surface area (TPSA) is 51.7 Å². The van der Waals surface area contributed by atoms with E-state index in [1.54, 1.807) is 11.0 Å². The lowest BCUT2D eigenvalue weighted by Crippen LogP contribution is -2.43. The molecule has 0 unspecified atom stereocenters. The number of aromatic nitrogens is 1. The molecule has 4 aromatic rings. The number of halogens is 1. The summed E-state index contributed by atoms with van der Waals surface area (Å²) in [6.07, 6.45) is 1.38. The van der Waals surface area contributed by atoms with E-state index >= 15 is 0 Å². The Morgan fingerprint density at radius 3 is 2.68 bits per heavy atom. The molecular formula is C24H21FN2O3S. The van der Waals surface area contributed by atoms with Gasteiger partial charge in [-0.25, -0.2) is 4.39 Å². The van der Waals surface area contributed by atoms with Crippen LogP contribution < -0.4 is 9.47 Å². The Balaban J connectivity index is 1.13. The Morgan fingerprint density at radius 1 is 1.06 bits per heavy atom. The summed E-state index contributed by atoms with van der Waals surface area (Å²) < 4.78 is 26.3. The second-order valence-electron chi connectivity index (χ2n) is 7.56. The van der Waals surface area contributed by atoms with Gasteiger partial charge in [-0.1, -0.05) is 47.7 Å². The minimum atomic E-state index is -0.338. The third kappa shape index (κ3) is 4.32. The lowest BCUT2D eigenvalue weighted by molar-refractivity contribution is -0.135. The lowest BCUT2D eigenvalue weighted by atomic mass is 10.1. The molecule has 2 heterocycles. The highest BCUT2D eigenvalue weighted by Gasteiger charge is 2.25. The van der Waals surface area contributed by atoms with E-state index in [0.717, 1.165) is 15.5 Å². The predicted octanol–water partition coefficient (Wildman–Crippen LogP) is 5.04. The number of ether oxygens (including phenoxy) is 2. The number of piperidine rings is 1. The van der Waals surface area contributed by atoms with Crippen molar-refractivity contribution in [2.45, 2.75) is 18.9 Å². The van der Waals surface area contributed by atoms with Crippen molar-refractivity contribution in [3.05, 3.63) is 66.5 Å². The van der Waals surface area contributed by atoms with Crippen molar-refractivity contribution in [1.82, 2.24) is 9.88 Å². The molecule has 158 valence electrons. The quantitative estimate of drug-likeness (QED) is 0.440. The van der Waals surface area contributed by atoms with Crippen LogP contribution in [-0.4, -0.2) is 41.6 Å². The molecule has 5 nitrogen and oxygen atoms in total. The van der Waals surface area contributed by atoms with E-state index in [1.807, 2.05) is 48.5 Å². The monoisotopic (exact) mass is 436 g/mol. The first-order valence-electron chi connectivity index (χ1n) is 10.3. The number of rotatable bonds is 5. The molecule has 1 aliphatic rings. The Hall–Kier alpha value is -3.19. The van der Waals surface area contributed by atoms with Crippen LogP contribution >= 0.6 is 11.3 Å². The van der Waals surface area contributed by atoms with Gasteiger partial charge in [-0.05, 0) is 35.0 Å². The normalized spacial score (nSPS) is 14.8. The molecule has 0 aliphatic carbocycles. The zero-order valence-electron chi connectivity index (χ0n) is 16.8. The zero-order chi connectivity index (χ0) is 21.2. The van der Waals surface area contributed by atoms with Gasteiger partial charge in [0.05, 0.1) is 4.70 Å². The maximum atomic E-state index is 13.8. The summed E-state index contributed by atoms with van der Waals surface area (Å²) in [5.74, 6) is 0.317. The van der Waals surface area contributed by atoms with E-state index in [-0.39, 0.29) is 24.4 Å². The van der Waals surface area contributed by atoms with Gasteiger partial charge in [0.2, 0.25) is 0 Å². The Kier molecular flexibility index (Phi) is 5.42. The third-order valence-corrected chi connectivity index (χ3v) is 6.41. The van der Waals surface area contributed by atoms with Crippen molar-refractivity contribution in [3.63, 3.8) is 0 Å². The van der Waals surface area contributed by atoms with E-state index in [0.29, 0.717) is 42.4 Å². The minimum Gasteiger partial charge on any atom is -0.484 e. The van der Waals surface area contributed by atoms with Crippen LogP contribution in [0.15, 0.2) is 60.7 Å². The molecule has 31 heavy (non-hydrogen) atoms. The molecular weight excluding hydrogens is 415 g/mol. The van der Waals surface area contributed by atoms with Crippen LogP contribution in [0.25, 0.3) is 21.0 Å². The first-order chi connectivity index (χ1) is 15.2. The molecule has 1 amide bonds. The van der Waals surface area contributed by atoms with E-state index in [4.69, 9.17) is 9.47 Å². The van der Waals surface area contributed by atoms with Gasteiger partial charge in [0.1, 0.15) is 23.2 Å². The van der Waals surface area contributed by atoms with Gasteiger partial charge in [0, 0.05) is 25.9 Å². The van der Waals surface area contributed by atoms with E-state index in [9.17, 15) is 9.18 Å². The number of amides is 1. The third-order valence-electron chi connectivity index (χ3n) is 5.50. The molecule has 0 atom stereocenters. The number of carbonyl (C=O) groups is 1. The summed E-state index contributed by atoms with van der Waals surface area (Å²) in [6, 6.07) is 18.8. The lowest BCUT2D eigenvalue weighted by Gasteiger charge is -2.31. The number of hydrogen-bond donors (Lipinski definition) is 0. The predicted molar refractivity (Wildman–Crippen MR) is 119 cm³/mol. The van der Waals surface area contributed by atoms with Crippen LogP contribution in [0.1, 0.15) is 12.8 Å². The molecule has 0 bridgehead atoms.